The molecule has 0 aromatic heterocycles. The number of hydrogen-bond donors (Lipinski definition) is 3. The third-order valence-corrected chi connectivity index (χ3v) is 8.28. The lowest BCUT2D eigenvalue weighted by molar-refractivity contribution is 0.315. The highest BCUT2D eigenvalue weighted by Gasteiger charge is 2.02. The van der Waals surface area contributed by atoms with E-state index in [4.69, 9.17) is 0 Å². The maximum atomic E-state index is 9.34. The van der Waals surface area contributed by atoms with Crippen molar-refractivity contribution in [1.29, 1.82) is 0 Å². The molecule has 0 bridgehead atoms. The van der Waals surface area contributed by atoms with Crippen LogP contribution in [0.3, 0.4) is 0 Å². The average molecular weight is 554 g/mol. The summed E-state index contributed by atoms with van der Waals surface area (Å²) >= 11 is 0. The van der Waals surface area contributed by atoms with Gasteiger partial charge in [0.2, 0.25) is 0 Å². The van der Waals surface area contributed by atoms with E-state index in [1.54, 1.807) is 0 Å². The fourth-order valence-corrected chi connectivity index (χ4v) is 5.63. The van der Waals surface area contributed by atoms with Gasteiger partial charge in [0.25, 0.3) is 0 Å². The molecule has 4 heteroatoms. The molecule has 0 atom stereocenters. The SMILES string of the molecule is CCCCCCCCCCCCCCCCCCC(CCCCCCCCCCCCCCCC)=NO.NN. The van der Waals surface area contributed by atoms with Gasteiger partial charge in [-0.2, -0.15) is 0 Å². The van der Waals surface area contributed by atoms with Crippen LogP contribution >= 0.6 is 0 Å². The van der Waals surface area contributed by atoms with Crippen molar-refractivity contribution in [3.63, 3.8) is 0 Å². The van der Waals surface area contributed by atoms with Crippen LogP contribution in [0, 0.1) is 0 Å². The first-order valence-electron chi connectivity index (χ1n) is 17.9. The average Bonchev–Trinajstić information content (AvgIpc) is 2.97. The summed E-state index contributed by atoms with van der Waals surface area (Å²) in [5.41, 5.74) is 1.05. The number of rotatable bonds is 32. The summed E-state index contributed by atoms with van der Waals surface area (Å²) in [6.07, 6.45) is 44.1. The number of hydrazine groups is 1. The Hall–Kier alpha value is -0.610. The van der Waals surface area contributed by atoms with Crippen molar-refractivity contribution in [3.8, 4) is 0 Å². The minimum atomic E-state index is 1.01. The van der Waals surface area contributed by atoms with Crippen LogP contribution in [0.4, 0.5) is 0 Å². The molecule has 0 rings (SSSR count). The predicted molar refractivity (Wildman–Crippen MR) is 177 cm³/mol. The highest BCUT2D eigenvalue weighted by Crippen LogP contribution is 2.16. The van der Waals surface area contributed by atoms with E-state index in [1.165, 1.54) is 193 Å². The van der Waals surface area contributed by atoms with Gasteiger partial charge in [-0.15, -0.1) is 0 Å². The van der Waals surface area contributed by atoms with E-state index in [0.29, 0.717) is 0 Å². The molecule has 0 aromatic rings. The van der Waals surface area contributed by atoms with Gasteiger partial charge in [-0.3, -0.25) is 11.7 Å². The van der Waals surface area contributed by atoms with Crippen LogP contribution in [-0.2, 0) is 0 Å². The summed E-state index contributed by atoms with van der Waals surface area (Å²) < 4.78 is 0. The zero-order valence-corrected chi connectivity index (χ0v) is 27.2. The third-order valence-electron chi connectivity index (χ3n) is 8.28. The highest BCUT2D eigenvalue weighted by molar-refractivity contribution is 5.83. The smallest absolute Gasteiger partial charge is 0.0570 e. The van der Waals surface area contributed by atoms with Gasteiger partial charge < -0.3 is 5.21 Å². The van der Waals surface area contributed by atoms with Gasteiger partial charge in [0.1, 0.15) is 0 Å². The molecule has 0 heterocycles. The molecule has 0 fully saturated rings. The highest BCUT2D eigenvalue weighted by atomic mass is 16.4. The Morgan fingerprint density at radius 3 is 0.718 bits per heavy atom. The second-order valence-electron chi connectivity index (χ2n) is 12.1. The molecule has 39 heavy (non-hydrogen) atoms. The van der Waals surface area contributed by atoms with Crippen molar-refractivity contribution < 1.29 is 5.21 Å². The fraction of sp³-hybridized carbons (Fsp3) is 0.971. The number of nitrogens with two attached hydrogens (primary N) is 2. The molecule has 0 amide bonds. The lowest BCUT2D eigenvalue weighted by Gasteiger charge is -2.06. The summed E-state index contributed by atoms with van der Waals surface area (Å²) in [4.78, 5) is 0. The number of hydrogen-bond acceptors (Lipinski definition) is 4. The van der Waals surface area contributed by atoms with E-state index < -0.39 is 0 Å². The van der Waals surface area contributed by atoms with Crippen molar-refractivity contribution in [2.45, 2.75) is 219 Å². The topological polar surface area (TPSA) is 84.6 Å². The Balaban J connectivity index is 0. The summed E-state index contributed by atoms with van der Waals surface area (Å²) in [7, 11) is 0. The Kier molecular flexibility index (Phi) is 41.1. The van der Waals surface area contributed by atoms with E-state index in [0.717, 1.165) is 18.6 Å². The first-order chi connectivity index (χ1) is 19.3. The Bertz CT molecular complexity index is 442. The van der Waals surface area contributed by atoms with Crippen LogP contribution in [0.15, 0.2) is 5.16 Å². The zero-order valence-electron chi connectivity index (χ0n) is 27.2. The van der Waals surface area contributed by atoms with Crippen molar-refractivity contribution in [2.75, 3.05) is 0 Å². The molecule has 0 aromatic carbocycles. The zero-order chi connectivity index (χ0) is 28.9. The van der Waals surface area contributed by atoms with Gasteiger partial charge >= 0.3 is 0 Å². The maximum Gasteiger partial charge on any atom is 0.0570 e. The summed E-state index contributed by atoms with van der Waals surface area (Å²) in [5.74, 6) is 8.00. The van der Waals surface area contributed by atoms with E-state index in [1.807, 2.05) is 0 Å². The molecule has 0 saturated carbocycles. The van der Waals surface area contributed by atoms with Crippen molar-refractivity contribution >= 4 is 5.71 Å². The van der Waals surface area contributed by atoms with Crippen LogP contribution in [0.5, 0.6) is 0 Å². The number of nitrogens with zero attached hydrogens (tertiary/aromatic N) is 1. The number of unbranched alkanes of at least 4 members (excludes halogenated alkanes) is 28. The maximum absolute atomic E-state index is 9.34. The van der Waals surface area contributed by atoms with E-state index in [2.05, 4.69) is 30.7 Å². The fourth-order valence-electron chi connectivity index (χ4n) is 5.63. The van der Waals surface area contributed by atoms with Crippen molar-refractivity contribution in [1.82, 2.24) is 0 Å². The first-order valence-corrected chi connectivity index (χ1v) is 17.9. The quantitative estimate of drug-likeness (QED) is 0.0254. The molecule has 0 radical (unpaired) electrons. The monoisotopic (exact) mass is 554 g/mol. The van der Waals surface area contributed by atoms with Gasteiger partial charge in [0, 0.05) is 0 Å². The number of oxime groups is 1. The minimum absolute atomic E-state index is 1.01. The lowest BCUT2D eigenvalue weighted by atomic mass is 10.0. The molecule has 0 aliphatic carbocycles. The molecular weight excluding hydrogens is 478 g/mol. The molecule has 4 nitrogen and oxygen atoms in total. The molecule has 0 saturated heterocycles. The second kappa shape index (κ2) is 39.5. The molecule has 0 unspecified atom stereocenters. The summed E-state index contributed by atoms with van der Waals surface area (Å²) in [6, 6.07) is 0. The summed E-state index contributed by atoms with van der Waals surface area (Å²) in [5, 5.41) is 13.0. The largest absolute Gasteiger partial charge is 0.411 e. The summed E-state index contributed by atoms with van der Waals surface area (Å²) in [6.45, 7) is 4.59. The minimum Gasteiger partial charge on any atom is -0.411 e. The van der Waals surface area contributed by atoms with Gasteiger partial charge in [0.15, 0.2) is 0 Å². The molecule has 0 aliphatic rings. The molecular formula is C35H75N3O. The molecule has 236 valence electrons. The van der Waals surface area contributed by atoms with Gasteiger partial charge in [-0.1, -0.05) is 199 Å². The molecule has 0 spiro atoms. The van der Waals surface area contributed by atoms with E-state index in [9.17, 15) is 5.21 Å². The predicted octanol–water partition coefficient (Wildman–Crippen LogP) is 12.2. The Labute approximate surface area is 246 Å². The van der Waals surface area contributed by atoms with Crippen LogP contribution in [0.1, 0.15) is 219 Å². The van der Waals surface area contributed by atoms with Crippen LogP contribution < -0.4 is 11.7 Å². The Morgan fingerprint density at radius 1 is 0.359 bits per heavy atom. The van der Waals surface area contributed by atoms with Crippen LogP contribution in [0.2, 0.25) is 0 Å². The third kappa shape index (κ3) is 37.4. The van der Waals surface area contributed by atoms with E-state index in [-0.39, 0.29) is 0 Å². The van der Waals surface area contributed by atoms with E-state index >= 15 is 0 Å². The van der Waals surface area contributed by atoms with Gasteiger partial charge in [0.05, 0.1) is 5.71 Å². The normalized spacial score (nSPS) is 11.5. The Morgan fingerprint density at radius 2 is 0.538 bits per heavy atom. The second-order valence-corrected chi connectivity index (χ2v) is 12.1. The molecule has 0 aliphatic heterocycles. The van der Waals surface area contributed by atoms with Gasteiger partial charge in [-0.25, -0.2) is 0 Å². The standard InChI is InChI=1S/C35H71NO.H4N2/c1-3-5-7-9-11-13-15-17-19-20-22-24-26-28-30-32-34-35(36-37)33-31-29-27-25-23-21-18-16-14-12-10-8-6-4-2;1-2/h37H,3-34H2,1-2H3;1-2H2. The lowest BCUT2D eigenvalue weighted by Crippen LogP contribution is -2.02. The van der Waals surface area contributed by atoms with Crippen LogP contribution in [0.25, 0.3) is 0 Å². The van der Waals surface area contributed by atoms with Crippen molar-refractivity contribution in [3.05, 3.63) is 0 Å². The van der Waals surface area contributed by atoms with Crippen molar-refractivity contribution in [2.24, 2.45) is 16.8 Å². The first kappa shape index (κ1) is 40.5. The van der Waals surface area contributed by atoms with Crippen LogP contribution in [-0.4, -0.2) is 10.9 Å². The van der Waals surface area contributed by atoms with Gasteiger partial charge in [-0.05, 0) is 25.7 Å². The molecule has 5 N–H and O–H groups in total.